The third-order valence-electron chi connectivity index (χ3n) is 3.97. The molecule has 24 heavy (non-hydrogen) atoms. The molecule has 2 N–H and O–H groups in total. The smallest absolute Gasteiger partial charge is 0.239 e. The molecular weight excluding hydrogens is 300 g/mol. The fraction of sp³-hybridized carbons (Fsp3) is 0.368. The van der Waals surface area contributed by atoms with Crippen LogP contribution in [-0.2, 0) is 11.3 Å². The van der Waals surface area contributed by atoms with Gasteiger partial charge in [0.05, 0.1) is 18.8 Å². The van der Waals surface area contributed by atoms with E-state index in [0.717, 1.165) is 30.0 Å². The fourth-order valence-electron chi connectivity index (χ4n) is 2.56. The van der Waals surface area contributed by atoms with Gasteiger partial charge in [-0.05, 0) is 56.7 Å². The number of hydrogen-bond acceptors (Lipinski definition) is 4. The van der Waals surface area contributed by atoms with Gasteiger partial charge in [0.1, 0.15) is 0 Å². The second-order valence-electron chi connectivity index (χ2n) is 5.62. The first-order valence-electron chi connectivity index (χ1n) is 8.40. The first-order chi connectivity index (χ1) is 11.6. The fourth-order valence-corrected chi connectivity index (χ4v) is 2.56. The molecule has 0 saturated carbocycles. The largest absolute Gasteiger partial charge is 0.376 e. The number of aromatic nitrogens is 1. The maximum absolute atomic E-state index is 12.0. The van der Waals surface area contributed by atoms with Crippen LogP contribution in [0.15, 0.2) is 42.6 Å². The van der Waals surface area contributed by atoms with Crippen molar-refractivity contribution in [3.8, 4) is 0 Å². The van der Waals surface area contributed by atoms with Gasteiger partial charge in [-0.2, -0.15) is 0 Å². The maximum Gasteiger partial charge on any atom is 0.239 e. The highest BCUT2D eigenvalue weighted by Crippen LogP contribution is 2.22. The predicted molar refractivity (Wildman–Crippen MR) is 99.3 cm³/mol. The van der Waals surface area contributed by atoms with Crippen molar-refractivity contribution in [2.75, 3.05) is 29.9 Å². The van der Waals surface area contributed by atoms with Crippen molar-refractivity contribution in [2.45, 2.75) is 27.3 Å². The molecule has 5 nitrogen and oxygen atoms in total. The van der Waals surface area contributed by atoms with Gasteiger partial charge in [-0.25, -0.2) is 0 Å². The minimum absolute atomic E-state index is 0.0483. The molecule has 0 aliphatic carbocycles. The highest BCUT2D eigenvalue weighted by Gasteiger charge is 2.06. The van der Waals surface area contributed by atoms with Crippen molar-refractivity contribution in [3.05, 3.63) is 53.9 Å². The topological polar surface area (TPSA) is 57.3 Å². The van der Waals surface area contributed by atoms with E-state index in [4.69, 9.17) is 0 Å². The molecule has 0 unspecified atom stereocenters. The van der Waals surface area contributed by atoms with Crippen LogP contribution in [0.3, 0.4) is 0 Å². The van der Waals surface area contributed by atoms with Gasteiger partial charge in [-0.3, -0.25) is 9.78 Å². The number of carbonyl (C=O) groups is 1. The summed E-state index contributed by atoms with van der Waals surface area (Å²) < 4.78 is 0. The van der Waals surface area contributed by atoms with E-state index < -0.39 is 0 Å². The lowest BCUT2D eigenvalue weighted by atomic mass is 10.1. The molecule has 2 rings (SSSR count). The highest BCUT2D eigenvalue weighted by atomic mass is 16.1. The monoisotopic (exact) mass is 326 g/mol. The predicted octanol–water partition coefficient (Wildman–Crippen LogP) is 2.96. The van der Waals surface area contributed by atoms with Crippen molar-refractivity contribution in [3.63, 3.8) is 0 Å². The third-order valence-corrected chi connectivity index (χ3v) is 3.97. The van der Waals surface area contributed by atoms with E-state index in [9.17, 15) is 4.79 Å². The molecule has 0 bridgehead atoms. The number of carbonyl (C=O) groups excluding carboxylic acids is 1. The van der Waals surface area contributed by atoms with Crippen LogP contribution in [-0.4, -0.2) is 30.5 Å². The van der Waals surface area contributed by atoms with E-state index in [-0.39, 0.29) is 12.5 Å². The Balaban J connectivity index is 1.86. The third kappa shape index (κ3) is 4.98. The van der Waals surface area contributed by atoms with Crippen LogP contribution in [0.5, 0.6) is 0 Å². The van der Waals surface area contributed by atoms with Gasteiger partial charge in [0.2, 0.25) is 5.91 Å². The summed E-state index contributed by atoms with van der Waals surface area (Å²) in [4.78, 5) is 18.4. The first-order valence-corrected chi connectivity index (χ1v) is 8.40. The van der Waals surface area contributed by atoms with Crippen LogP contribution in [0.1, 0.15) is 25.1 Å². The summed E-state index contributed by atoms with van der Waals surface area (Å²) in [6, 6.07) is 11.9. The van der Waals surface area contributed by atoms with Gasteiger partial charge in [0, 0.05) is 30.7 Å². The number of pyridine rings is 1. The molecule has 0 radical (unpaired) electrons. The number of nitrogens with one attached hydrogen (secondary N) is 2. The van der Waals surface area contributed by atoms with Crippen LogP contribution in [0.2, 0.25) is 0 Å². The lowest BCUT2D eigenvalue weighted by Gasteiger charge is -2.22. The highest BCUT2D eigenvalue weighted by molar-refractivity contribution is 5.81. The number of aryl methyl sites for hydroxylation is 1. The summed E-state index contributed by atoms with van der Waals surface area (Å²) in [5, 5.41) is 6.06. The van der Waals surface area contributed by atoms with Crippen LogP contribution >= 0.6 is 0 Å². The Labute approximate surface area is 144 Å². The molecule has 5 heteroatoms. The summed E-state index contributed by atoms with van der Waals surface area (Å²) in [6.45, 7) is 9.02. The number of benzene rings is 1. The summed E-state index contributed by atoms with van der Waals surface area (Å²) in [5.74, 6) is -0.0483. The van der Waals surface area contributed by atoms with Gasteiger partial charge in [0.15, 0.2) is 0 Å². The minimum atomic E-state index is -0.0483. The van der Waals surface area contributed by atoms with Gasteiger partial charge >= 0.3 is 0 Å². The van der Waals surface area contributed by atoms with Crippen molar-refractivity contribution in [1.82, 2.24) is 10.3 Å². The van der Waals surface area contributed by atoms with Gasteiger partial charge in [-0.1, -0.05) is 6.07 Å². The van der Waals surface area contributed by atoms with Crippen molar-refractivity contribution >= 4 is 17.3 Å². The minimum Gasteiger partial charge on any atom is -0.376 e. The SMILES string of the molecule is CCN(CC)c1ccc(NCC(=O)NCc2ccccn2)c(C)c1. The average Bonchev–Trinajstić information content (AvgIpc) is 2.61. The zero-order valence-corrected chi connectivity index (χ0v) is 14.7. The molecule has 1 aromatic carbocycles. The number of hydrogen-bond donors (Lipinski definition) is 2. The number of amides is 1. The molecule has 0 spiro atoms. The van der Waals surface area contributed by atoms with E-state index in [1.807, 2.05) is 24.3 Å². The first kappa shape index (κ1) is 17.8. The second kappa shape index (κ2) is 8.91. The lowest BCUT2D eigenvalue weighted by molar-refractivity contribution is -0.119. The van der Waals surface area contributed by atoms with Crippen LogP contribution in [0.25, 0.3) is 0 Å². The molecule has 1 amide bonds. The van der Waals surface area contributed by atoms with E-state index in [0.29, 0.717) is 6.54 Å². The molecule has 0 fully saturated rings. The van der Waals surface area contributed by atoms with E-state index >= 15 is 0 Å². The molecule has 0 atom stereocenters. The van der Waals surface area contributed by atoms with Crippen molar-refractivity contribution < 1.29 is 4.79 Å². The van der Waals surface area contributed by atoms with Gasteiger partial charge < -0.3 is 15.5 Å². The van der Waals surface area contributed by atoms with E-state index in [2.05, 4.69) is 53.4 Å². The standard InChI is InChI=1S/C19H26N4O/c1-4-23(5-2)17-9-10-18(15(3)12-17)21-14-19(24)22-13-16-8-6-7-11-20-16/h6-12,21H,4-5,13-14H2,1-3H3,(H,22,24). The molecule has 1 aromatic heterocycles. The normalized spacial score (nSPS) is 10.3. The van der Waals surface area contributed by atoms with Gasteiger partial charge in [-0.15, -0.1) is 0 Å². The quantitative estimate of drug-likeness (QED) is 0.783. The Kier molecular flexibility index (Phi) is 6.61. The molecule has 0 aliphatic rings. The molecular formula is C19H26N4O. The lowest BCUT2D eigenvalue weighted by Crippen LogP contribution is -2.29. The maximum atomic E-state index is 12.0. The van der Waals surface area contributed by atoms with Crippen molar-refractivity contribution in [1.29, 1.82) is 0 Å². The van der Waals surface area contributed by atoms with Crippen molar-refractivity contribution in [2.24, 2.45) is 0 Å². The number of nitrogens with zero attached hydrogens (tertiary/aromatic N) is 2. The zero-order chi connectivity index (χ0) is 17.4. The number of rotatable bonds is 8. The van der Waals surface area contributed by atoms with E-state index in [1.165, 1.54) is 5.69 Å². The molecule has 0 aliphatic heterocycles. The summed E-state index contributed by atoms with van der Waals surface area (Å²) in [6.07, 6.45) is 1.72. The summed E-state index contributed by atoms with van der Waals surface area (Å²) >= 11 is 0. The molecule has 128 valence electrons. The summed E-state index contributed by atoms with van der Waals surface area (Å²) in [7, 11) is 0. The van der Waals surface area contributed by atoms with E-state index in [1.54, 1.807) is 6.20 Å². The van der Waals surface area contributed by atoms with Crippen LogP contribution in [0, 0.1) is 6.92 Å². The average molecular weight is 326 g/mol. The number of anilines is 2. The van der Waals surface area contributed by atoms with Crippen LogP contribution < -0.4 is 15.5 Å². The Bertz CT molecular complexity index is 654. The summed E-state index contributed by atoms with van der Waals surface area (Å²) in [5.41, 5.74) is 4.18. The van der Waals surface area contributed by atoms with Crippen LogP contribution in [0.4, 0.5) is 11.4 Å². The molecule has 0 saturated heterocycles. The Hall–Kier alpha value is -2.56. The molecule has 1 heterocycles. The Morgan fingerprint density at radius 2 is 1.96 bits per heavy atom. The molecule has 2 aromatic rings. The van der Waals surface area contributed by atoms with Gasteiger partial charge in [0.25, 0.3) is 0 Å². The second-order valence-corrected chi connectivity index (χ2v) is 5.62. The Morgan fingerprint density at radius 1 is 1.17 bits per heavy atom. The Morgan fingerprint density at radius 3 is 2.58 bits per heavy atom. The zero-order valence-electron chi connectivity index (χ0n) is 14.7.